The molecule has 1 heterocycles. The van der Waals surface area contributed by atoms with Crippen LogP contribution in [0.4, 0.5) is 5.69 Å². The molecule has 0 aliphatic carbocycles. The maximum absolute atomic E-state index is 12.6. The number of para-hydroxylation sites is 1. The van der Waals surface area contributed by atoms with Gasteiger partial charge in [-0.15, -0.1) is 0 Å². The molecule has 122 valence electrons. The molecule has 0 atom stereocenters. The minimum absolute atomic E-state index is 0.291. The molecular weight excluding hydrogens is 314 g/mol. The third kappa shape index (κ3) is 4.21. The number of nitriles is 1. The zero-order chi connectivity index (χ0) is 17.5. The number of hydrogen-bond donors (Lipinski definition) is 1. The largest absolute Gasteiger partial charge is 0.488 e. The first kappa shape index (κ1) is 16.2. The molecule has 5 nitrogen and oxygen atoms in total. The van der Waals surface area contributed by atoms with Gasteiger partial charge in [-0.3, -0.25) is 9.78 Å². The number of carbonyl (C=O) groups excluding carboxylic acids is 1. The number of carbonyl (C=O) groups is 1. The van der Waals surface area contributed by atoms with E-state index < -0.39 is 0 Å². The zero-order valence-electron chi connectivity index (χ0n) is 13.3. The van der Waals surface area contributed by atoms with Crippen molar-refractivity contribution in [2.24, 2.45) is 0 Å². The van der Waals surface area contributed by atoms with Crippen molar-refractivity contribution in [3.8, 4) is 11.8 Å². The fourth-order valence-electron chi connectivity index (χ4n) is 2.29. The number of pyridine rings is 1. The van der Waals surface area contributed by atoms with E-state index in [1.807, 2.05) is 24.3 Å². The van der Waals surface area contributed by atoms with Gasteiger partial charge >= 0.3 is 0 Å². The van der Waals surface area contributed by atoms with Crippen LogP contribution in [0.5, 0.6) is 5.75 Å². The molecule has 0 saturated carbocycles. The number of amides is 1. The van der Waals surface area contributed by atoms with Crippen molar-refractivity contribution < 1.29 is 9.53 Å². The first-order valence-corrected chi connectivity index (χ1v) is 7.68. The summed E-state index contributed by atoms with van der Waals surface area (Å²) >= 11 is 0. The second kappa shape index (κ2) is 7.75. The summed E-state index contributed by atoms with van der Waals surface area (Å²) in [4.78, 5) is 16.5. The lowest BCUT2D eigenvalue weighted by Gasteiger charge is -2.12. The average Bonchev–Trinajstić information content (AvgIpc) is 2.67. The van der Waals surface area contributed by atoms with E-state index in [-0.39, 0.29) is 5.91 Å². The molecule has 2 aromatic carbocycles. The van der Waals surface area contributed by atoms with Gasteiger partial charge in [0.15, 0.2) is 0 Å². The minimum Gasteiger partial charge on any atom is -0.488 e. The van der Waals surface area contributed by atoms with Gasteiger partial charge in [0.2, 0.25) is 0 Å². The van der Waals surface area contributed by atoms with Crippen LogP contribution in [0.2, 0.25) is 0 Å². The van der Waals surface area contributed by atoms with Crippen LogP contribution in [0.15, 0.2) is 73.1 Å². The van der Waals surface area contributed by atoms with Crippen LogP contribution < -0.4 is 10.1 Å². The van der Waals surface area contributed by atoms with Crippen molar-refractivity contribution in [3.63, 3.8) is 0 Å². The Morgan fingerprint density at radius 1 is 1.08 bits per heavy atom. The SMILES string of the molecule is N#Cc1cccc(NC(=O)c2ccccc2OCc2ccncc2)c1. The van der Waals surface area contributed by atoms with E-state index in [0.29, 0.717) is 29.2 Å². The Balaban J connectivity index is 1.75. The molecule has 3 aromatic rings. The first-order valence-electron chi connectivity index (χ1n) is 7.68. The molecule has 25 heavy (non-hydrogen) atoms. The standard InChI is InChI=1S/C20H15N3O2/c21-13-16-4-3-5-17(12-16)23-20(24)18-6-1-2-7-19(18)25-14-15-8-10-22-11-9-15/h1-12H,14H2,(H,23,24). The summed E-state index contributed by atoms with van der Waals surface area (Å²) in [6, 6.07) is 19.6. The van der Waals surface area contributed by atoms with Crippen LogP contribution >= 0.6 is 0 Å². The molecule has 1 N–H and O–H groups in total. The Bertz CT molecular complexity index is 917. The molecule has 0 bridgehead atoms. The summed E-state index contributed by atoms with van der Waals surface area (Å²) in [7, 11) is 0. The van der Waals surface area contributed by atoms with Gasteiger partial charge < -0.3 is 10.1 Å². The molecule has 3 rings (SSSR count). The summed E-state index contributed by atoms with van der Waals surface area (Å²) in [5, 5.41) is 11.7. The third-order valence-electron chi connectivity index (χ3n) is 3.52. The Kier molecular flexibility index (Phi) is 5.03. The molecule has 0 radical (unpaired) electrons. The highest BCUT2D eigenvalue weighted by Crippen LogP contribution is 2.21. The van der Waals surface area contributed by atoms with Crippen LogP contribution in [0.25, 0.3) is 0 Å². The van der Waals surface area contributed by atoms with Gasteiger partial charge in [-0.05, 0) is 48.0 Å². The summed E-state index contributed by atoms with van der Waals surface area (Å²) in [5.74, 6) is 0.202. The molecule has 0 fully saturated rings. The van der Waals surface area contributed by atoms with Crippen molar-refractivity contribution in [3.05, 3.63) is 89.7 Å². The van der Waals surface area contributed by atoms with Gasteiger partial charge in [-0.2, -0.15) is 5.26 Å². The Hall–Kier alpha value is -3.65. The lowest BCUT2D eigenvalue weighted by molar-refractivity contribution is 0.102. The highest BCUT2D eigenvalue weighted by Gasteiger charge is 2.12. The minimum atomic E-state index is -0.291. The molecule has 0 saturated heterocycles. The number of aromatic nitrogens is 1. The monoisotopic (exact) mass is 329 g/mol. The number of benzene rings is 2. The Labute approximate surface area is 145 Å². The van der Waals surface area contributed by atoms with Gasteiger partial charge in [-0.25, -0.2) is 0 Å². The van der Waals surface area contributed by atoms with Gasteiger partial charge in [-0.1, -0.05) is 18.2 Å². The number of nitrogens with zero attached hydrogens (tertiary/aromatic N) is 2. The smallest absolute Gasteiger partial charge is 0.259 e. The van der Waals surface area contributed by atoms with Crippen LogP contribution in [0, 0.1) is 11.3 Å². The van der Waals surface area contributed by atoms with E-state index in [4.69, 9.17) is 10.00 Å². The van der Waals surface area contributed by atoms with Gasteiger partial charge in [0, 0.05) is 18.1 Å². The number of rotatable bonds is 5. The van der Waals surface area contributed by atoms with Crippen LogP contribution in [0.1, 0.15) is 21.5 Å². The summed E-state index contributed by atoms with van der Waals surface area (Å²) in [6.07, 6.45) is 3.39. The number of ether oxygens (including phenoxy) is 1. The lowest BCUT2D eigenvalue weighted by Crippen LogP contribution is -2.13. The fraction of sp³-hybridized carbons (Fsp3) is 0.0500. The highest BCUT2D eigenvalue weighted by molar-refractivity contribution is 6.06. The third-order valence-corrected chi connectivity index (χ3v) is 3.52. The molecule has 1 amide bonds. The molecule has 0 spiro atoms. The average molecular weight is 329 g/mol. The van der Waals surface area contributed by atoms with E-state index in [2.05, 4.69) is 10.3 Å². The zero-order valence-corrected chi connectivity index (χ0v) is 13.3. The van der Waals surface area contributed by atoms with Crippen molar-refractivity contribution in [1.29, 1.82) is 5.26 Å². The number of hydrogen-bond acceptors (Lipinski definition) is 4. The molecule has 0 unspecified atom stereocenters. The second-order valence-corrected chi connectivity index (χ2v) is 5.29. The predicted molar refractivity (Wildman–Crippen MR) is 94.1 cm³/mol. The second-order valence-electron chi connectivity index (χ2n) is 5.29. The van der Waals surface area contributed by atoms with Gasteiger partial charge in [0.25, 0.3) is 5.91 Å². The maximum atomic E-state index is 12.6. The van der Waals surface area contributed by atoms with E-state index in [0.717, 1.165) is 5.56 Å². The van der Waals surface area contributed by atoms with Crippen molar-refractivity contribution in [2.45, 2.75) is 6.61 Å². The van der Waals surface area contributed by atoms with Crippen molar-refractivity contribution >= 4 is 11.6 Å². The predicted octanol–water partition coefficient (Wildman–Crippen LogP) is 3.78. The van der Waals surface area contributed by atoms with Gasteiger partial charge in [0.1, 0.15) is 12.4 Å². The summed E-state index contributed by atoms with van der Waals surface area (Å²) in [6.45, 7) is 0.344. The van der Waals surface area contributed by atoms with Crippen molar-refractivity contribution in [1.82, 2.24) is 4.98 Å². The number of nitrogens with one attached hydrogen (secondary N) is 1. The summed E-state index contributed by atoms with van der Waals surface area (Å²) < 4.78 is 5.79. The van der Waals surface area contributed by atoms with E-state index in [1.165, 1.54) is 0 Å². The van der Waals surface area contributed by atoms with E-state index >= 15 is 0 Å². The topological polar surface area (TPSA) is 75.0 Å². The van der Waals surface area contributed by atoms with E-state index in [1.54, 1.807) is 54.9 Å². The highest BCUT2D eigenvalue weighted by atomic mass is 16.5. The molecule has 5 heteroatoms. The number of anilines is 1. The first-order chi connectivity index (χ1) is 12.3. The van der Waals surface area contributed by atoms with Crippen LogP contribution in [0.3, 0.4) is 0 Å². The molecule has 1 aromatic heterocycles. The maximum Gasteiger partial charge on any atom is 0.259 e. The van der Waals surface area contributed by atoms with Crippen LogP contribution in [-0.2, 0) is 6.61 Å². The normalized spacial score (nSPS) is 9.88. The molecule has 0 aliphatic heterocycles. The quantitative estimate of drug-likeness (QED) is 0.773. The van der Waals surface area contributed by atoms with Crippen molar-refractivity contribution in [2.75, 3.05) is 5.32 Å². The Morgan fingerprint density at radius 3 is 2.68 bits per heavy atom. The van der Waals surface area contributed by atoms with E-state index in [9.17, 15) is 4.79 Å². The molecule has 0 aliphatic rings. The fourth-order valence-corrected chi connectivity index (χ4v) is 2.29. The molecular formula is C20H15N3O2. The van der Waals surface area contributed by atoms with Gasteiger partial charge in [0.05, 0.1) is 17.2 Å². The summed E-state index contributed by atoms with van der Waals surface area (Å²) in [5.41, 5.74) is 2.44. The lowest BCUT2D eigenvalue weighted by atomic mass is 10.1. The van der Waals surface area contributed by atoms with Crippen LogP contribution in [-0.4, -0.2) is 10.9 Å². The Morgan fingerprint density at radius 2 is 1.88 bits per heavy atom.